The van der Waals surface area contributed by atoms with Gasteiger partial charge >= 0.3 is 0 Å². The number of carbonyl (C=O) groups excluding carboxylic acids is 1. The van der Waals surface area contributed by atoms with E-state index in [1.54, 1.807) is 32.0 Å². The number of aromatic nitrogens is 1. The number of aryl methyl sites for hydroxylation is 2. The average Bonchev–Trinajstić information content (AvgIpc) is 2.63. The van der Waals surface area contributed by atoms with Crippen molar-refractivity contribution >= 4 is 39.1 Å². The molecule has 0 aliphatic heterocycles. The Balaban J connectivity index is 2.21. The zero-order chi connectivity index (χ0) is 13.3. The molecule has 1 aromatic carbocycles. The van der Waals surface area contributed by atoms with E-state index in [2.05, 4.69) is 26.2 Å². The molecule has 2 aromatic rings. The van der Waals surface area contributed by atoms with Crippen molar-refractivity contribution in [3.05, 3.63) is 45.0 Å². The molecule has 0 unspecified atom stereocenters. The number of hydrogen-bond donors (Lipinski definition) is 1. The minimum atomic E-state index is -0.341. The maximum Gasteiger partial charge on any atom is 0.293 e. The molecular formula is C12H10BrClN2O2. The van der Waals surface area contributed by atoms with Crippen LogP contribution in [0.1, 0.15) is 22.1 Å². The molecule has 0 atom stereocenters. The molecule has 1 amide bonds. The fraction of sp³-hybridized carbons (Fsp3) is 0.167. The second-order valence-electron chi connectivity index (χ2n) is 3.73. The summed E-state index contributed by atoms with van der Waals surface area (Å²) in [7, 11) is 0. The molecule has 1 N–H and O–H groups in total. The van der Waals surface area contributed by atoms with E-state index in [0.717, 1.165) is 4.47 Å². The first-order valence-corrected chi connectivity index (χ1v) is 6.35. The Hall–Kier alpha value is -1.33. The fourth-order valence-corrected chi connectivity index (χ4v) is 1.93. The lowest BCUT2D eigenvalue weighted by Gasteiger charge is -2.04. The predicted molar refractivity (Wildman–Crippen MR) is 73.1 cm³/mol. The lowest BCUT2D eigenvalue weighted by molar-refractivity contribution is 0.0994. The maximum absolute atomic E-state index is 11.9. The van der Waals surface area contributed by atoms with Gasteiger partial charge in [-0.2, -0.15) is 0 Å². The monoisotopic (exact) mass is 328 g/mol. The summed E-state index contributed by atoms with van der Waals surface area (Å²) in [5, 5.41) is 3.23. The number of nitrogens with zero attached hydrogens (tertiary/aromatic N) is 1. The highest BCUT2D eigenvalue weighted by atomic mass is 79.9. The highest BCUT2D eigenvalue weighted by Crippen LogP contribution is 2.26. The van der Waals surface area contributed by atoms with Crippen molar-refractivity contribution in [2.75, 3.05) is 5.32 Å². The molecule has 1 heterocycles. The maximum atomic E-state index is 11.9. The third-order valence-electron chi connectivity index (χ3n) is 2.29. The summed E-state index contributed by atoms with van der Waals surface area (Å²) in [5.74, 6) is 0.338. The second-order valence-corrected chi connectivity index (χ2v) is 4.99. The van der Waals surface area contributed by atoms with Gasteiger partial charge in [-0.1, -0.05) is 11.6 Å². The summed E-state index contributed by atoms with van der Waals surface area (Å²) in [6.07, 6.45) is 0. The number of amides is 1. The lowest BCUT2D eigenvalue weighted by Crippen LogP contribution is -2.12. The molecule has 0 bridgehead atoms. The van der Waals surface area contributed by atoms with Gasteiger partial charge in [-0.3, -0.25) is 4.79 Å². The zero-order valence-corrected chi connectivity index (χ0v) is 12.1. The van der Waals surface area contributed by atoms with Crippen LogP contribution in [0.5, 0.6) is 0 Å². The van der Waals surface area contributed by atoms with Gasteiger partial charge in [-0.25, -0.2) is 4.98 Å². The molecule has 0 saturated carbocycles. The first-order chi connectivity index (χ1) is 8.47. The molecule has 2 rings (SSSR count). The number of benzene rings is 1. The summed E-state index contributed by atoms with van der Waals surface area (Å²) < 4.78 is 6.01. The molecule has 4 nitrogen and oxygen atoms in total. The number of halogens is 2. The van der Waals surface area contributed by atoms with E-state index in [4.69, 9.17) is 16.0 Å². The van der Waals surface area contributed by atoms with E-state index >= 15 is 0 Å². The Labute approximate surface area is 117 Å². The Morgan fingerprint density at radius 1 is 1.44 bits per heavy atom. The van der Waals surface area contributed by atoms with Crippen LogP contribution in [0.15, 0.2) is 27.1 Å². The third kappa shape index (κ3) is 2.73. The quantitative estimate of drug-likeness (QED) is 0.907. The van der Waals surface area contributed by atoms with Crippen molar-refractivity contribution in [1.82, 2.24) is 4.98 Å². The van der Waals surface area contributed by atoms with Crippen molar-refractivity contribution in [2.45, 2.75) is 13.8 Å². The van der Waals surface area contributed by atoms with Crippen LogP contribution in [0.3, 0.4) is 0 Å². The van der Waals surface area contributed by atoms with Gasteiger partial charge in [-0.15, -0.1) is 0 Å². The summed E-state index contributed by atoms with van der Waals surface area (Å²) in [5.41, 5.74) is 1.16. The normalized spacial score (nSPS) is 10.4. The molecule has 1 aromatic heterocycles. The molecule has 6 heteroatoms. The van der Waals surface area contributed by atoms with Crippen LogP contribution in [0.4, 0.5) is 5.69 Å². The smallest absolute Gasteiger partial charge is 0.293 e. The molecule has 0 saturated heterocycles. The average molecular weight is 330 g/mol. The van der Waals surface area contributed by atoms with Crippen molar-refractivity contribution in [3.8, 4) is 0 Å². The summed E-state index contributed by atoms with van der Waals surface area (Å²) in [6.45, 7) is 3.42. The van der Waals surface area contributed by atoms with Crippen molar-refractivity contribution < 1.29 is 9.21 Å². The Bertz CT molecular complexity index is 610. The highest BCUT2D eigenvalue weighted by Gasteiger charge is 2.16. The van der Waals surface area contributed by atoms with Crippen LogP contribution >= 0.6 is 27.5 Å². The van der Waals surface area contributed by atoms with Gasteiger partial charge in [0.15, 0.2) is 5.89 Å². The molecule has 0 fully saturated rings. The van der Waals surface area contributed by atoms with Gasteiger partial charge in [0.1, 0.15) is 0 Å². The van der Waals surface area contributed by atoms with Gasteiger partial charge in [0, 0.05) is 17.1 Å². The molecule has 0 aliphatic rings. The van der Waals surface area contributed by atoms with Crippen LogP contribution in [0.25, 0.3) is 0 Å². The van der Waals surface area contributed by atoms with Crippen LogP contribution in [-0.2, 0) is 0 Å². The lowest BCUT2D eigenvalue weighted by atomic mass is 10.3. The molecular weight excluding hydrogens is 320 g/mol. The summed E-state index contributed by atoms with van der Waals surface area (Å²) in [4.78, 5) is 16.0. The number of anilines is 1. The minimum absolute atomic E-state index is 0.214. The van der Waals surface area contributed by atoms with Gasteiger partial charge < -0.3 is 9.73 Å². The number of nitrogens with one attached hydrogen (secondary N) is 1. The Morgan fingerprint density at radius 2 is 2.17 bits per heavy atom. The first kappa shape index (κ1) is 13.1. The predicted octanol–water partition coefficient (Wildman–Crippen LogP) is 3.96. The van der Waals surface area contributed by atoms with E-state index in [-0.39, 0.29) is 11.7 Å². The van der Waals surface area contributed by atoms with E-state index in [1.165, 1.54) is 0 Å². The number of hydrogen-bond acceptors (Lipinski definition) is 3. The molecule has 0 spiro atoms. The van der Waals surface area contributed by atoms with E-state index in [0.29, 0.717) is 22.3 Å². The van der Waals surface area contributed by atoms with Gasteiger partial charge in [-0.05, 0) is 41.1 Å². The third-order valence-corrected chi connectivity index (χ3v) is 3.52. The van der Waals surface area contributed by atoms with E-state index < -0.39 is 0 Å². The number of carbonyl (C=O) groups is 1. The standard InChI is InChI=1S/C12H10BrClN2O2/c1-6-11(18-7(2)15-6)12(17)16-8-3-4-9(13)10(14)5-8/h3-5H,1-2H3,(H,16,17). The number of rotatable bonds is 2. The SMILES string of the molecule is Cc1nc(C)c(C(=O)Nc2ccc(Br)c(Cl)c2)o1. The Kier molecular flexibility index (Phi) is 3.73. The minimum Gasteiger partial charge on any atom is -0.436 e. The molecule has 94 valence electrons. The van der Waals surface area contributed by atoms with Crippen molar-refractivity contribution in [2.24, 2.45) is 0 Å². The van der Waals surface area contributed by atoms with Gasteiger partial charge in [0.25, 0.3) is 5.91 Å². The second kappa shape index (κ2) is 5.12. The fourth-order valence-electron chi connectivity index (χ4n) is 1.50. The van der Waals surface area contributed by atoms with Crippen LogP contribution in [-0.4, -0.2) is 10.9 Å². The van der Waals surface area contributed by atoms with Gasteiger partial charge in [0.2, 0.25) is 5.76 Å². The summed E-state index contributed by atoms with van der Waals surface area (Å²) in [6, 6.07) is 5.16. The zero-order valence-electron chi connectivity index (χ0n) is 9.75. The highest BCUT2D eigenvalue weighted by molar-refractivity contribution is 9.10. The molecule has 18 heavy (non-hydrogen) atoms. The van der Waals surface area contributed by atoms with Crippen molar-refractivity contribution in [3.63, 3.8) is 0 Å². The molecule has 0 radical (unpaired) electrons. The van der Waals surface area contributed by atoms with E-state index in [9.17, 15) is 4.79 Å². The van der Waals surface area contributed by atoms with Gasteiger partial charge in [0.05, 0.1) is 10.7 Å². The first-order valence-electron chi connectivity index (χ1n) is 5.18. The Morgan fingerprint density at radius 3 is 2.72 bits per heavy atom. The topological polar surface area (TPSA) is 55.1 Å². The van der Waals surface area contributed by atoms with Crippen LogP contribution in [0.2, 0.25) is 5.02 Å². The van der Waals surface area contributed by atoms with Crippen molar-refractivity contribution in [1.29, 1.82) is 0 Å². The largest absolute Gasteiger partial charge is 0.436 e. The summed E-state index contributed by atoms with van der Waals surface area (Å²) >= 11 is 9.23. The molecule has 0 aliphatic carbocycles. The van der Waals surface area contributed by atoms with Crippen LogP contribution in [0, 0.1) is 13.8 Å². The van der Waals surface area contributed by atoms with E-state index in [1.807, 2.05) is 0 Å². The van der Waals surface area contributed by atoms with Crippen LogP contribution < -0.4 is 5.32 Å². The number of oxazole rings is 1.